The van der Waals surface area contributed by atoms with Crippen molar-refractivity contribution in [2.24, 2.45) is 5.73 Å². The van der Waals surface area contributed by atoms with Crippen molar-refractivity contribution in [2.75, 3.05) is 0 Å². The number of hydrogen-bond donors (Lipinski definition) is 2. The van der Waals surface area contributed by atoms with E-state index in [0.717, 1.165) is 5.56 Å². The van der Waals surface area contributed by atoms with Crippen molar-refractivity contribution in [3.63, 3.8) is 0 Å². The summed E-state index contributed by atoms with van der Waals surface area (Å²) in [5, 5.41) is 9.35. The van der Waals surface area contributed by atoms with E-state index in [9.17, 15) is 9.82 Å². The number of primary amides is 1. The molecule has 1 heterocycles. The smallest absolute Gasteiger partial charge is 0.423 e. The van der Waals surface area contributed by atoms with E-state index in [1.807, 2.05) is 0 Å². The highest BCUT2D eigenvalue weighted by Crippen LogP contribution is 2.15. The second-order valence-corrected chi connectivity index (χ2v) is 2.95. The van der Waals surface area contributed by atoms with Gasteiger partial charge in [0.15, 0.2) is 0 Å². The molecule has 0 saturated carbocycles. The molecule has 1 amide bonds. The molecule has 5 nitrogen and oxygen atoms in total. The SMILES string of the molecule is NC(=O)Oc1ccc2c(c1)B(O)OC2. The fourth-order valence-corrected chi connectivity index (χ4v) is 1.37. The lowest BCUT2D eigenvalue weighted by Crippen LogP contribution is -2.28. The number of amides is 1. The third-order valence-corrected chi connectivity index (χ3v) is 2.00. The molecule has 1 aliphatic rings. The molecule has 3 N–H and O–H groups in total. The van der Waals surface area contributed by atoms with Gasteiger partial charge in [-0.1, -0.05) is 6.07 Å². The molecule has 6 heteroatoms. The van der Waals surface area contributed by atoms with E-state index in [2.05, 4.69) is 4.74 Å². The highest BCUT2D eigenvalue weighted by molar-refractivity contribution is 6.61. The quantitative estimate of drug-likeness (QED) is 0.581. The molecular weight excluding hydrogens is 185 g/mol. The van der Waals surface area contributed by atoms with Crippen LogP contribution in [-0.2, 0) is 11.3 Å². The van der Waals surface area contributed by atoms with Gasteiger partial charge < -0.3 is 20.1 Å². The van der Waals surface area contributed by atoms with Crippen molar-refractivity contribution in [1.29, 1.82) is 0 Å². The van der Waals surface area contributed by atoms with Crippen LogP contribution in [0.1, 0.15) is 5.56 Å². The van der Waals surface area contributed by atoms with Gasteiger partial charge in [0.25, 0.3) is 0 Å². The number of fused-ring (bicyclic) bond motifs is 1. The Kier molecular flexibility index (Phi) is 2.15. The Labute approximate surface area is 80.6 Å². The van der Waals surface area contributed by atoms with Crippen LogP contribution < -0.4 is 15.9 Å². The molecule has 0 unspecified atom stereocenters. The summed E-state index contributed by atoms with van der Waals surface area (Å²) < 4.78 is 9.63. The summed E-state index contributed by atoms with van der Waals surface area (Å²) in [6, 6.07) is 4.87. The zero-order valence-electron chi connectivity index (χ0n) is 7.27. The summed E-state index contributed by atoms with van der Waals surface area (Å²) in [7, 11) is -0.943. The number of hydrogen-bond acceptors (Lipinski definition) is 4. The van der Waals surface area contributed by atoms with Gasteiger partial charge in [-0.25, -0.2) is 4.79 Å². The molecule has 0 radical (unpaired) electrons. The van der Waals surface area contributed by atoms with Gasteiger partial charge in [0.1, 0.15) is 5.75 Å². The zero-order chi connectivity index (χ0) is 10.1. The molecule has 1 aromatic rings. The third kappa shape index (κ3) is 1.57. The maximum atomic E-state index is 10.5. The first kappa shape index (κ1) is 9.05. The average Bonchev–Trinajstić information content (AvgIpc) is 2.47. The third-order valence-electron chi connectivity index (χ3n) is 2.00. The largest absolute Gasteiger partial charge is 0.491 e. The molecule has 0 spiro atoms. The monoisotopic (exact) mass is 193 g/mol. The highest BCUT2D eigenvalue weighted by Gasteiger charge is 2.27. The molecule has 0 aliphatic carbocycles. The maximum absolute atomic E-state index is 10.5. The molecule has 0 bridgehead atoms. The molecule has 1 aromatic carbocycles. The van der Waals surface area contributed by atoms with Gasteiger partial charge in [-0.05, 0) is 23.2 Å². The first-order valence-electron chi connectivity index (χ1n) is 4.06. The number of ether oxygens (including phenoxy) is 1. The van der Waals surface area contributed by atoms with Gasteiger partial charge in [0.2, 0.25) is 0 Å². The van der Waals surface area contributed by atoms with Crippen LogP contribution in [0, 0.1) is 0 Å². The summed E-state index contributed by atoms with van der Waals surface area (Å²) >= 11 is 0. The average molecular weight is 193 g/mol. The molecule has 1 aliphatic heterocycles. The molecule has 2 rings (SSSR count). The number of nitrogens with two attached hydrogens (primary N) is 1. The van der Waals surface area contributed by atoms with Gasteiger partial charge in [-0.15, -0.1) is 0 Å². The number of carbonyl (C=O) groups is 1. The lowest BCUT2D eigenvalue weighted by molar-refractivity contribution is 0.211. The maximum Gasteiger partial charge on any atom is 0.491 e. The van der Waals surface area contributed by atoms with Crippen LogP contribution >= 0.6 is 0 Å². The molecule has 14 heavy (non-hydrogen) atoms. The van der Waals surface area contributed by atoms with E-state index in [4.69, 9.17) is 10.4 Å². The van der Waals surface area contributed by atoms with E-state index in [1.165, 1.54) is 6.07 Å². The first-order chi connectivity index (χ1) is 6.66. The molecule has 0 saturated heterocycles. The zero-order valence-corrected chi connectivity index (χ0v) is 7.27. The highest BCUT2D eigenvalue weighted by atomic mass is 16.5. The fraction of sp³-hybridized carbons (Fsp3) is 0.125. The second-order valence-electron chi connectivity index (χ2n) is 2.95. The minimum absolute atomic E-state index is 0.306. The Morgan fingerprint density at radius 3 is 3.14 bits per heavy atom. The standard InChI is InChI=1S/C8H8BNO4/c10-8(11)14-6-2-1-5-4-13-9(12)7(5)3-6/h1-3,12H,4H2,(H2,10,11). The first-order valence-corrected chi connectivity index (χ1v) is 4.06. The molecule has 0 atom stereocenters. The van der Waals surface area contributed by atoms with E-state index in [-0.39, 0.29) is 0 Å². The Balaban J connectivity index is 2.30. The number of rotatable bonds is 1. The van der Waals surface area contributed by atoms with E-state index < -0.39 is 13.2 Å². The minimum Gasteiger partial charge on any atom is -0.423 e. The van der Waals surface area contributed by atoms with Crippen molar-refractivity contribution in [3.8, 4) is 5.75 Å². The Bertz CT molecular complexity index is 382. The van der Waals surface area contributed by atoms with Gasteiger partial charge in [0, 0.05) is 0 Å². The van der Waals surface area contributed by atoms with Gasteiger partial charge in [0.05, 0.1) is 6.61 Å². The van der Waals surface area contributed by atoms with E-state index >= 15 is 0 Å². The summed E-state index contributed by atoms with van der Waals surface area (Å²) in [6.07, 6.45) is -0.877. The molecule has 0 fully saturated rings. The Hall–Kier alpha value is -1.53. The summed E-state index contributed by atoms with van der Waals surface area (Å²) in [5.41, 5.74) is 6.35. The predicted octanol–water partition coefficient (Wildman–Crippen LogP) is -0.638. The van der Waals surface area contributed by atoms with Crippen molar-refractivity contribution in [1.82, 2.24) is 0 Å². The Morgan fingerprint density at radius 2 is 2.43 bits per heavy atom. The Morgan fingerprint density at radius 1 is 1.64 bits per heavy atom. The van der Waals surface area contributed by atoms with Crippen LogP contribution in [0.3, 0.4) is 0 Å². The van der Waals surface area contributed by atoms with E-state index in [0.29, 0.717) is 17.8 Å². The van der Waals surface area contributed by atoms with Gasteiger partial charge in [-0.2, -0.15) is 0 Å². The van der Waals surface area contributed by atoms with Crippen LogP contribution in [-0.4, -0.2) is 18.2 Å². The van der Waals surface area contributed by atoms with Crippen LogP contribution in [0.2, 0.25) is 0 Å². The summed E-state index contributed by atoms with van der Waals surface area (Å²) in [4.78, 5) is 10.5. The van der Waals surface area contributed by atoms with E-state index in [1.54, 1.807) is 12.1 Å². The second kappa shape index (κ2) is 3.32. The van der Waals surface area contributed by atoms with Crippen molar-refractivity contribution in [2.45, 2.75) is 6.61 Å². The molecule has 72 valence electrons. The predicted molar refractivity (Wildman–Crippen MR) is 49.0 cm³/mol. The van der Waals surface area contributed by atoms with Crippen molar-refractivity contribution >= 4 is 18.7 Å². The normalized spacial score (nSPS) is 13.9. The van der Waals surface area contributed by atoms with Crippen molar-refractivity contribution in [3.05, 3.63) is 23.8 Å². The number of benzene rings is 1. The summed E-state index contributed by atoms with van der Waals surface area (Å²) in [6.45, 7) is 0.368. The summed E-state index contributed by atoms with van der Waals surface area (Å²) in [5.74, 6) is 0.306. The van der Waals surface area contributed by atoms with Gasteiger partial charge in [-0.3, -0.25) is 0 Å². The lowest BCUT2D eigenvalue weighted by Gasteiger charge is -2.03. The van der Waals surface area contributed by atoms with Gasteiger partial charge >= 0.3 is 13.2 Å². The fourth-order valence-electron chi connectivity index (χ4n) is 1.37. The van der Waals surface area contributed by atoms with Crippen LogP contribution in [0.15, 0.2) is 18.2 Å². The van der Waals surface area contributed by atoms with Crippen LogP contribution in [0.4, 0.5) is 4.79 Å². The van der Waals surface area contributed by atoms with Crippen LogP contribution in [0.5, 0.6) is 5.75 Å². The molecule has 0 aromatic heterocycles. The number of carbonyl (C=O) groups excluding carboxylic acids is 1. The lowest BCUT2D eigenvalue weighted by atomic mass is 9.79. The minimum atomic E-state index is -0.943. The topological polar surface area (TPSA) is 81.8 Å². The molecular formula is C8H8BNO4. The van der Waals surface area contributed by atoms with Crippen molar-refractivity contribution < 1.29 is 19.2 Å². The van der Waals surface area contributed by atoms with Crippen LogP contribution in [0.25, 0.3) is 0 Å².